The van der Waals surface area contributed by atoms with Crippen LogP contribution in [0.4, 0.5) is 0 Å². The third kappa shape index (κ3) is 2.40. The van der Waals surface area contributed by atoms with Gasteiger partial charge in [-0.1, -0.05) is 19.4 Å². The molecule has 10 heavy (non-hydrogen) atoms. The fourth-order valence-corrected chi connectivity index (χ4v) is 1.25. The molecule has 58 valence electrons. The maximum atomic E-state index is 5.16. The Bertz CT molecular complexity index is 95.4. The van der Waals surface area contributed by atoms with Crippen molar-refractivity contribution in [3.05, 3.63) is 12.8 Å². The Morgan fingerprint density at radius 1 is 1.10 bits per heavy atom. The molecule has 0 radical (unpaired) electrons. The first-order valence-electron chi connectivity index (χ1n) is 3.96. The quantitative estimate of drug-likeness (QED) is 0.545. The van der Waals surface area contributed by atoms with Gasteiger partial charge in [0.05, 0.1) is 0 Å². The second-order valence-electron chi connectivity index (χ2n) is 2.62. The predicted octanol–water partition coefficient (Wildman–Crippen LogP) is 1.94. The Morgan fingerprint density at radius 2 is 1.70 bits per heavy atom. The molecule has 0 bridgehead atoms. The highest BCUT2D eigenvalue weighted by molar-refractivity contribution is 4.57. The van der Waals surface area contributed by atoms with Gasteiger partial charge in [-0.2, -0.15) is 0 Å². The van der Waals surface area contributed by atoms with E-state index in [4.69, 9.17) is 4.84 Å². The van der Waals surface area contributed by atoms with Gasteiger partial charge in [0.2, 0.25) is 0 Å². The van der Waals surface area contributed by atoms with Crippen molar-refractivity contribution in [2.24, 2.45) is 0 Å². The third-order valence-corrected chi connectivity index (χ3v) is 1.79. The van der Waals surface area contributed by atoms with Crippen molar-refractivity contribution in [1.29, 1.82) is 0 Å². The van der Waals surface area contributed by atoms with Crippen LogP contribution in [0.2, 0.25) is 0 Å². The van der Waals surface area contributed by atoms with Crippen molar-refractivity contribution in [2.75, 3.05) is 13.1 Å². The molecule has 0 atom stereocenters. The summed E-state index contributed by atoms with van der Waals surface area (Å²) < 4.78 is 0. The second kappa shape index (κ2) is 4.34. The minimum Gasteiger partial charge on any atom is -0.414 e. The molecule has 1 aliphatic rings. The fourth-order valence-electron chi connectivity index (χ4n) is 1.25. The molecular weight excluding hydrogens is 126 g/mol. The van der Waals surface area contributed by atoms with Gasteiger partial charge in [0.15, 0.2) is 0 Å². The van der Waals surface area contributed by atoms with Crippen LogP contribution in [0.25, 0.3) is 0 Å². The summed E-state index contributed by atoms with van der Waals surface area (Å²) in [5.74, 6) is 0. The number of hydrogen-bond donors (Lipinski definition) is 0. The van der Waals surface area contributed by atoms with E-state index >= 15 is 0 Å². The Labute approximate surface area is 62.4 Å². The van der Waals surface area contributed by atoms with Gasteiger partial charge >= 0.3 is 0 Å². The molecule has 1 heterocycles. The van der Waals surface area contributed by atoms with Crippen molar-refractivity contribution < 1.29 is 4.84 Å². The molecular formula is C8H15NO. The van der Waals surface area contributed by atoms with Gasteiger partial charge < -0.3 is 4.84 Å². The van der Waals surface area contributed by atoms with Crippen LogP contribution in [0, 0.1) is 0 Å². The summed E-state index contributed by atoms with van der Waals surface area (Å²) in [6, 6.07) is 0. The average molecular weight is 141 g/mol. The maximum Gasteiger partial charge on any atom is 0.104 e. The molecule has 1 rings (SSSR count). The SMILES string of the molecule is C=CON1CCCCCC1. The monoisotopic (exact) mass is 141 g/mol. The van der Waals surface area contributed by atoms with Crippen molar-refractivity contribution in [2.45, 2.75) is 25.7 Å². The van der Waals surface area contributed by atoms with Gasteiger partial charge in [-0.15, -0.1) is 5.06 Å². The van der Waals surface area contributed by atoms with E-state index in [0.29, 0.717) is 0 Å². The molecule has 0 unspecified atom stereocenters. The summed E-state index contributed by atoms with van der Waals surface area (Å²) in [5.41, 5.74) is 0. The molecule has 1 aliphatic heterocycles. The first-order chi connectivity index (χ1) is 4.93. The lowest BCUT2D eigenvalue weighted by Crippen LogP contribution is -2.22. The van der Waals surface area contributed by atoms with Gasteiger partial charge in [0.1, 0.15) is 6.26 Å². The predicted molar refractivity (Wildman–Crippen MR) is 41.3 cm³/mol. The Hall–Kier alpha value is -0.500. The van der Waals surface area contributed by atoms with Crippen molar-refractivity contribution in [1.82, 2.24) is 5.06 Å². The van der Waals surface area contributed by atoms with E-state index in [1.54, 1.807) is 0 Å². The summed E-state index contributed by atoms with van der Waals surface area (Å²) in [7, 11) is 0. The summed E-state index contributed by atoms with van der Waals surface area (Å²) in [6.07, 6.45) is 6.71. The van der Waals surface area contributed by atoms with Crippen molar-refractivity contribution in [3.63, 3.8) is 0 Å². The lowest BCUT2D eigenvalue weighted by molar-refractivity contribution is -0.0995. The average Bonchev–Trinajstić information content (AvgIpc) is 2.17. The van der Waals surface area contributed by atoms with Crippen LogP contribution in [-0.4, -0.2) is 18.2 Å². The minimum atomic E-state index is 1.06. The zero-order chi connectivity index (χ0) is 7.23. The summed E-state index contributed by atoms with van der Waals surface area (Å²) in [6.45, 7) is 5.64. The molecule has 0 spiro atoms. The first kappa shape index (κ1) is 7.61. The van der Waals surface area contributed by atoms with Crippen molar-refractivity contribution >= 4 is 0 Å². The summed E-state index contributed by atoms with van der Waals surface area (Å²) >= 11 is 0. The molecule has 2 heteroatoms. The van der Waals surface area contributed by atoms with E-state index in [-0.39, 0.29) is 0 Å². The molecule has 1 saturated heterocycles. The van der Waals surface area contributed by atoms with Gasteiger partial charge in [0.25, 0.3) is 0 Å². The van der Waals surface area contributed by atoms with E-state index in [1.807, 2.05) is 5.06 Å². The van der Waals surface area contributed by atoms with Gasteiger partial charge in [0, 0.05) is 13.1 Å². The number of hydrogen-bond acceptors (Lipinski definition) is 2. The maximum absolute atomic E-state index is 5.16. The van der Waals surface area contributed by atoms with Crippen LogP contribution >= 0.6 is 0 Å². The van der Waals surface area contributed by atoms with Crippen LogP contribution in [0.15, 0.2) is 12.8 Å². The lowest BCUT2D eigenvalue weighted by Gasteiger charge is -2.16. The molecule has 0 amide bonds. The van der Waals surface area contributed by atoms with E-state index < -0.39 is 0 Å². The highest BCUT2D eigenvalue weighted by atomic mass is 16.7. The fraction of sp³-hybridized carbons (Fsp3) is 0.750. The summed E-state index contributed by atoms with van der Waals surface area (Å²) in [4.78, 5) is 5.16. The van der Waals surface area contributed by atoms with Crippen LogP contribution in [0.5, 0.6) is 0 Å². The summed E-state index contributed by atoms with van der Waals surface area (Å²) in [5, 5.41) is 1.99. The Kier molecular flexibility index (Phi) is 3.30. The number of rotatable bonds is 2. The first-order valence-corrected chi connectivity index (χ1v) is 3.96. The topological polar surface area (TPSA) is 12.5 Å². The van der Waals surface area contributed by atoms with E-state index in [1.165, 1.54) is 31.9 Å². The van der Waals surface area contributed by atoms with Crippen LogP contribution in [0.1, 0.15) is 25.7 Å². The van der Waals surface area contributed by atoms with Crippen LogP contribution in [0.3, 0.4) is 0 Å². The van der Waals surface area contributed by atoms with E-state index in [2.05, 4.69) is 6.58 Å². The van der Waals surface area contributed by atoms with Crippen LogP contribution in [-0.2, 0) is 4.84 Å². The molecule has 0 saturated carbocycles. The Morgan fingerprint density at radius 3 is 2.20 bits per heavy atom. The van der Waals surface area contributed by atoms with Gasteiger partial charge in [-0.3, -0.25) is 0 Å². The molecule has 1 fully saturated rings. The van der Waals surface area contributed by atoms with E-state index in [0.717, 1.165) is 13.1 Å². The van der Waals surface area contributed by atoms with Gasteiger partial charge in [-0.25, -0.2) is 0 Å². The smallest absolute Gasteiger partial charge is 0.104 e. The van der Waals surface area contributed by atoms with Gasteiger partial charge in [-0.05, 0) is 12.8 Å². The number of hydroxylamine groups is 2. The molecule has 0 aromatic rings. The normalized spacial score (nSPS) is 21.6. The highest BCUT2D eigenvalue weighted by Crippen LogP contribution is 2.09. The third-order valence-electron chi connectivity index (χ3n) is 1.79. The largest absolute Gasteiger partial charge is 0.414 e. The zero-order valence-electron chi connectivity index (χ0n) is 6.38. The van der Waals surface area contributed by atoms with Crippen molar-refractivity contribution in [3.8, 4) is 0 Å². The Balaban J connectivity index is 2.21. The lowest BCUT2D eigenvalue weighted by atomic mass is 10.2. The molecule has 0 N–H and O–H groups in total. The number of nitrogens with zero attached hydrogens (tertiary/aromatic N) is 1. The highest BCUT2D eigenvalue weighted by Gasteiger charge is 2.07. The zero-order valence-corrected chi connectivity index (χ0v) is 6.38. The molecule has 0 aliphatic carbocycles. The van der Waals surface area contributed by atoms with E-state index in [9.17, 15) is 0 Å². The van der Waals surface area contributed by atoms with Crippen LogP contribution < -0.4 is 0 Å². The minimum absolute atomic E-state index is 1.06. The molecule has 2 nitrogen and oxygen atoms in total. The molecule has 0 aromatic carbocycles. The standard InChI is InChI=1S/C8H15NO/c1-2-10-9-7-5-3-4-6-8-9/h2H,1,3-8H2. The molecule has 0 aromatic heterocycles. The second-order valence-corrected chi connectivity index (χ2v) is 2.62.